The molecule has 4 aromatic rings. The molecule has 0 radical (unpaired) electrons. The Morgan fingerprint density at radius 2 is 1.73 bits per heavy atom. The van der Waals surface area contributed by atoms with Crippen molar-refractivity contribution in [2.45, 2.75) is 46.6 Å². The highest BCUT2D eigenvalue weighted by Gasteiger charge is 2.23. The number of Topliss-reactive ketones (excluding diaryl/α,β-unsaturated/α-hetero) is 1. The minimum Gasteiger partial charge on any atom is -0.334 e. The third-order valence-corrected chi connectivity index (χ3v) is 5.50. The van der Waals surface area contributed by atoms with Gasteiger partial charge in [-0.1, -0.05) is 55.8 Å². The first-order valence-electron chi connectivity index (χ1n) is 11.3. The fraction of sp³-hybridized carbons (Fsp3) is 0.269. The normalized spacial score (nSPS) is 11.0. The minimum atomic E-state index is -0.361. The van der Waals surface area contributed by atoms with Gasteiger partial charge in [-0.2, -0.15) is 5.10 Å². The van der Waals surface area contributed by atoms with Crippen LogP contribution < -0.4 is 10.9 Å². The Labute approximate surface area is 192 Å². The van der Waals surface area contributed by atoms with E-state index < -0.39 is 0 Å². The second-order valence-corrected chi connectivity index (χ2v) is 7.88. The summed E-state index contributed by atoms with van der Waals surface area (Å²) in [4.78, 5) is 35.6. The Bertz CT molecular complexity index is 1360. The minimum absolute atomic E-state index is 0.184. The van der Waals surface area contributed by atoms with Crippen LogP contribution in [0.2, 0.25) is 0 Å². The molecule has 0 aliphatic rings. The van der Waals surface area contributed by atoms with Crippen molar-refractivity contribution >= 4 is 28.2 Å². The molecule has 168 valence electrons. The molecule has 0 amide bonds. The van der Waals surface area contributed by atoms with Crippen LogP contribution in [-0.4, -0.2) is 25.5 Å². The summed E-state index contributed by atoms with van der Waals surface area (Å²) in [5, 5.41) is 8.52. The lowest BCUT2D eigenvalue weighted by Gasteiger charge is -2.17. The van der Waals surface area contributed by atoms with Gasteiger partial charge in [0.15, 0.2) is 5.78 Å². The number of aromatic nitrogens is 4. The molecule has 1 N–H and O–H groups in total. The molecular weight excluding hydrogens is 414 g/mol. The molecule has 33 heavy (non-hydrogen) atoms. The molecule has 0 saturated carbocycles. The lowest BCUT2D eigenvalue weighted by molar-refractivity contribution is 0.101. The van der Waals surface area contributed by atoms with E-state index in [1.807, 2.05) is 61.5 Å². The molecule has 7 heteroatoms. The lowest BCUT2D eigenvalue weighted by Crippen LogP contribution is -2.28. The van der Waals surface area contributed by atoms with Crippen molar-refractivity contribution in [3.8, 4) is 11.3 Å². The van der Waals surface area contributed by atoms with E-state index in [4.69, 9.17) is 4.98 Å². The number of rotatable bonds is 8. The molecule has 0 fully saturated rings. The van der Waals surface area contributed by atoms with Crippen molar-refractivity contribution in [2.75, 3.05) is 5.32 Å². The highest BCUT2D eigenvalue weighted by Crippen LogP contribution is 2.29. The van der Waals surface area contributed by atoms with E-state index in [-0.39, 0.29) is 22.6 Å². The van der Waals surface area contributed by atoms with Crippen LogP contribution in [0.15, 0.2) is 59.4 Å². The fourth-order valence-electron chi connectivity index (χ4n) is 3.83. The molecule has 0 aliphatic heterocycles. The van der Waals surface area contributed by atoms with Crippen molar-refractivity contribution in [3.63, 3.8) is 0 Å². The number of carbonyl (C=O) groups excluding carboxylic acids is 1. The average molecular weight is 442 g/mol. The van der Waals surface area contributed by atoms with Crippen molar-refractivity contribution in [1.29, 1.82) is 0 Å². The smallest absolute Gasteiger partial charge is 0.291 e. The van der Waals surface area contributed by atoms with Crippen LogP contribution in [0, 0.1) is 0 Å². The summed E-state index contributed by atoms with van der Waals surface area (Å²) < 4.78 is 1.37. The molecule has 0 saturated heterocycles. The summed E-state index contributed by atoms with van der Waals surface area (Å²) in [6.07, 6.45) is 2.73. The molecule has 0 unspecified atom stereocenters. The van der Waals surface area contributed by atoms with E-state index >= 15 is 0 Å². The number of nitrogens with one attached hydrogen (secondary N) is 1. The third-order valence-electron chi connectivity index (χ3n) is 5.50. The summed E-state index contributed by atoms with van der Waals surface area (Å²) in [7, 11) is 0. The number of ketones is 1. The Kier molecular flexibility index (Phi) is 6.58. The molecule has 4 rings (SSSR count). The molecular formula is C26H27N5O2. The van der Waals surface area contributed by atoms with Gasteiger partial charge in [0.05, 0.1) is 11.1 Å². The van der Waals surface area contributed by atoms with Gasteiger partial charge in [0.1, 0.15) is 23.0 Å². The van der Waals surface area contributed by atoms with Crippen LogP contribution in [0.3, 0.4) is 0 Å². The molecule has 2 aromatic carbocycles. The van der Waals surface area contributed by atoms with Gasteiger partial charge in [-0.25, -0.2) is 14.6 Å². The van der Waals surface area contributed by atoms with Gasteiger partial charge >= 0.3 is 0 Å². The van der Waals surface area contributed by atoms with Gasteiger partial charge in [0.2, 0.25) is 0 Å². The van der Waals surface area contributed by atoms with Crippen molar-refractivity contribution in [3.05, 3.63) is 76.3 Å². The Hall–Kier alpha value is -3.87. The highest BCUT2D eigenvalue weighted by molar-refractivity contribution is 6.06. The third kappa shape index (κ3) is 4.53. The maximum atomic E-state index is 13.3. The van der Waals surface area contributed by atoms with Crippen LogP contribution in [0.5, 0.6) is 0 Å². The Morgan fingerprint density at radius 3 is 2.42 bits per heavy atom. The summed E-state index contributed by atoms with van der Waals surface area (Å²) in [6, 6.07) is 17.1. The van der Waals surface area contributed by atoms with Crippen LogP contribution in [0.1, 0.15) is 49.8 Å². The van der Waals surface area contributed by atoms with E-state index in [1.165, 1.54) is 11.6 Å². The number of carbonyl (C=O) groups is 1. The number of hydrogen-bond donors (Lipinski definition) is 1. The zero-order valence-electron chi connectivity index (χ0n) is 19.1. The summed E-state index contributed by atoms with van der Waals surface area (Å²) in [5.74, 6) is 0.975. The molecule has 7 nitrogen and oxygen atoms in total. The van der Waals surface area contributed by atoms with Crippen molar-refractivity contribution in [1.82, 2.24) is 19.7 Å². The van der Waals surface area contributed by atoms with Gasteiger partial charge < -0.3 is 5.32 Å². The number of benzene rings is 2. The standard InChI is InChI=1S/C26H27N5O2/c1-4-6-16-21-27-20-15-11-10-14-19(20)25(28-21)29-24-22(17(3)32)23(18-12-8-7-9-13-18)30-31(5-2)26(24)33/h7-15H,4-6,16H2,1-3H3,(H,27,28,29). The second kappa shape index (κ2) is 9.73. The first-order valence-corrected chi connectivity index (χ1v) is 11.3. The monoisotopic (exact) mass is 441 g/mol. The Morgan fingerprint density at radius 1 is 1.00 bits per heavy atom. The average Bonchev–Trinajstić information content (AvgIpc) is 2.84. The fourth-order valence-corrected chi connectivity index (χ4v) is 3.83. The van der Waals surface area contributed by atoms with E-state index in [2.05, 4.69) is 22.3 Å². The van der Waals surface area contributed by atoms with Crippen LogP contribution in [0.25, 0.3) is 22.2 Å². The van der Waals surface area contributed by atoms with E-state index in [1.54, 1.807) is 0 Å². The maximum absolute atomic E-state index is 13.3. The largest absolute Gasteiger partial charge is 0.334 e. The number of aryl methyl sites for hydroxylation is 2. The zero-order chi connectivity index (χ0) is 23.4. The van der Waals surface area contributed by atoms with Gasteiger partial charge in [-0.3, -0.25) is 9.59 Å². The van der Waals surface area contributed by atoms with Crippen LogP contribution >= 0.6 is 0 Å². The zero-order valence-corrected chi connectivity index (χ0v) is 19.1. The number of hydrogen-bond acceptors (Lipinski definition) is 6. The number of unbranched alkanes of at least 4 members (excludes halogenated alkanes) is 1. The number of para-hydroxylation sites is 1. The topological polar surface area (TPSA) is 89.8 Å². The lowest BCUT2D eigenvalue weighted by atomic mass is 10.0. The Balaban J connectivity index is 1.96. The highest BCUT2D eigenvalue weighted by atomic mass is 16.1. The van der Waals surface area contributed by atoms with Gasteiger partial charge in [-0.05, 0) is 32.4 Å². The first kappa shape index (κ1) is 22.3. The molecule has 0 atom stereocenters. The second-order valence-electron chi connectivity index (χ2n) is 7.88. The van der Waals surface area contributed by atoms with Crippen LogP contribution in [-0.2, 0) is 13.0 Å². The first-order chi connectivity index (χ1) is 16.0. The van der Waals surface area contributed by atoms with Crippen molar-refractivity contribution in [2.24, 2.45) is 0 Å². The van der Waals surface area contributed by atoms with E-state index in [9.17, 15) is 9.59 Å². The summed E-state index contributed by atoms with van der Waals surface area (Å²) in [6.45, 7) is 5.80. The predicted molar refractivity (Wildman–Crippen MR) is 131 cm³/mol. The summed E-state index contributed by atoms with van der Waals surface area (Å²) >= 11 is 0. The van der Waals surface area contributed by atoms with Gasteiger partial charge in [0.25, 0.3) is 5.56 Å². The van der Waals surface area contributed by atoms with E-state index in [0.717, 1.165) is 35.7 Å². The van der Waals surface area contributed by atoms with E-state index in [0.29, 0.717) is 23.9 Å². The predicted octanol–water partition coefficient (Wildman–Crippen LogP) is 5.16. The molecule has 2 aromatic heterocycles. The maximum Gasteiger partial charge on any atom is 0.291 e. The summed E-state index contributed by atoms with van der Waals surface area (Å²) in [5.41, 5.74) is 2.11. The quantitative estimate of drug-likeness (QED) is 0.380. The molecule has 0 bridgehead atoms. The molecule has 0 spiro atoms. The number of fused-ring (bicyclic) bond motifs is 1. The number of anilines is 2. The van der Waals surface area contributed by atoms with Crippen LogP contribution in [0.4, 0.5) is 11.5 Å². The van der Waals surface area contributed by atoms with Gasteiger partial charge in [0, 0.05) is 23.9 Å². The molecule has 0 aliphatic carbocycles. The van der Waals surface area contributed by atoms with Crippen molar-refractivity contribution < 1.29 is 4.79 Å². The van der Waals surface area contributed by atoms with Gasteiger partial charge in [-0.15, -0.1) is 0 Å². The molecule has 2 heterocycles. The number of nitrogens with zero attached hydrogens (tertiary/aromatic N) is 4. The SMILES string of the molecule is CCCCc1nc(Nc2c(C(C)=O)c(-c3ccccc3)nn(CC)c2=O)c2ccccc2n1.